The van der Waals surface area contributed by atoms with Crippen molar-refractivity contribution in [2.75, 3.05) is 6.26 Å². The van der Waals surface area contributed by atoms with Gasteiger partial charge >= 0.3 is 0 Å². The molecule has 3 rings (SSSR count). The Kier molecular flexibility index (Phi) is 5.54. The van der Waals surface area contributed by atoms with Crippen LogP contribution in [0.2, 0.25) is 5.02 Å². The zero-order valence-corrected chi connectivity index (χ0v) is 15.6. The molecule has 0 radical (unpaired) electrons. The van der Waals surface area contributed by atoms with Crippen molar-refractivity contribution in [1.29, 1.82) is 0 Å². The summed E-state index contributed by atoms with van der Waals surface area (Å²) in [5.41, 5.74) is 1.48. The summed E-state index contributed by atoms with van der Waals surface area (Å²) in [6, 6.07) is 13.5. The van der Waals surface area contributed by atoms with Gasteiger partial charge in [0.05, 0.1) is 10.6 Å². The summed E-state index contributed by atoms with van der Waals surface area (Å²) in [5.74, 6) is -0.757. The minimum Gasteiger partial charge on any atom is -0.360 e. The van der Waals surface area contributed by atoms with Crippen LogP contribution in [0.5, 0.6) is 0 Å². The summed E-state index contributed by atoms with van der Waals surface area (Å²) in [6.07, 6.45) is 1.70. The van der Waals surface area contributed by atoms with Gasteiger partial charge in [0.1, 0.15) is 27.9 Å². The van der Waals surface area contributed by atoms with E-state index in [1.54, 1.807) is 19.2 Å². The largest absolute Gasteiger partial charge is 0.360 e. The van der Waals surface area contributed by atoms with Crippen LogP contribution in [0.25, 0.3) is 11.3 Å². The SMILES string of the molecule is CSC(=NC(=O)c1c(-c2ccccc2)noc1C)c1c(F)cccc1Cl. The maximum Gasteiger partial charge on any atom is 0.283 e. The Balaban J connectivity index is 2.08. The standard InChI is InChI=1S/C19H14ClFN2O2S/c1-11-15(17(23-25-11)12-7-4-3-5-8-12)18(24)22-19(26-2)16-13(20)9-6-10-14(16)21/h3-10H,1-2H3. The summed E-state index contributed by atoms with van der Waals surface area (Å²) >= 11 is 7.23. The second-order valence-corrected chi connectivity index (χ2v) is 6.55. The number of carbonyl (C=O) groups is 1. The first-order chi connectivity index (χ1) is 12.5. The number of hydrogen-bond donors (Lipinski definition) is 0. The van der Waals surface area contributed by atoms with Crippen LogP contribution in [0.4, 0.5) is 4.39 Å². The molecule has 0 atom stereocenters. The molecule has 0 aliphatic carbocycles. The van der Waals surface area contributed by atoms with Crippen LogP contribution in [0.1, 0.15) is 21.7 Å². The number of aryl methyl sites for hydroxylation is 1. The van der Waals surface area contributed by atoms with Crippen LogP contribution >= 0.6 is 23.4 Å². The van der Waals surface area contributed by atoms with Crippen LogP contribution in [0.15, 0.2) is 58.0 Å². The molecule has 0 saturated carbocycles. The van der Waals surface area contributed by atoms with Crippen molar-refractivity contribution in [2.45, 2.75) is 6.92 Å². The second-order valence-electron chi connectivity index (χ2n) is 5.35. The van der Waals surface area contributed by atoms with Gasteiger partial charge in [-0.2, -0.15) is 0 Å². The maximum absolute atomic E-state index is 14.2. The van der Waals surface area contributed by atoms with Crippen LogP contribution in [0, 0.1) is 12.7 Å². The van der Waals surface area contributed by atoms with Crippen molar-refractivity contribution in [3.05, 3.63) is 76.3 Å². The van der Waals surface area contributed by atoms with Gasteiger partial charge in [-0.05, 0) is 25.3 Å². The minimum absolute atomic E-state index is 0.102. The molecule has 0 aliphatic rings. The van der Waals surface area contributed by atoms with E-state index in [0.29, 0.717) is 11.5 Å². The molecule has 0 bridgehead atoms. The number of aromatic nitrogens is 1. The molecule has 0 N–H and O–H groups in total. The highest BCUT2D eigenvalue weighted by molar-refractivity contribution is 8.13. The quantitative estimate of drug-likeness (QED) is 0.445. The number of benzene rings is 2. The predicted molar refractivity (Wildman–Crippen MR) is 102 cm³/mol. The van der Waals surface area contributed by atoms with Gasteiger partial charge < -0.3 is 4.52 Å². The van der Waals surface area contributed by atoms with Crippen LogP contribution < -0.4 is 0 Å². The van der Waals surface area contributed by atoms with E-state index in [1.807, 2.05) is 30.3 Å². The second kappa shape index (κ2) is 7.85. The first-order valence-electron chi connectivity index (χ1n) is 7.66. The molecular formula is C19H14ClFN2O2S. The van der Waals surface area contributed by atoms with Crippen LogP contribution in [-0.4, -0.2) is 22.4 Å². The Morgan fingerprint density at radius 1 is 1.15 bits per heavy atom. The van der Waals surface area contributed by atoms with E-state index in [4.69, 9.17) is 16.1 Å². The fourth-order valence-corrected chi connectivity index (χ4v) is 3.37. The number of carbonyl (C=O) groups excluding carboxylic acids is 1. The van der Waals surface area contributed by atoms with Gasteiger partial charge in [-0.1, -0.05) is 53.2 Å². The summed E-state index contributed by atoms with van der Waals surface area (Å²) < 4.78 is 19.4. The zero-order chi connectivity index (χ0) is 18.7. The smallest absolute Gasteiger partial charge is 0.283 e. The molecule has 1 heterocycles. The predicted octanol–water partition coefficient (Wildman–Crippen LogP) is 5.39. The van der Waals surface area contributed by atoms with Gasteiger partial charge in [-0.3, -0.25) is 4.79 Å². The number of aliphatic imine (C=N–C) groups is 1. The van der Waals surface area contributed by atoms with Crippen molar-refractivity contribution in [3.63, 3.8) is 0 Å². The third kappa shape index (κ3) is 3.57. The average molecular weight is 389 g/mol. The number of halogens is 2. The van der Waals surface area contributed by atoms with E-state index in [0.717, 1.165) is 17.3 Å². The van der Waals surface area contributed by atoms with Gasteiger partial charge in [-0.25, -0.2) is 9.38 Å². The fourth-order valence-electron chi connectivity index (χ4n) is 2.47. The van der Waals surface area contributed by atoms with E-state index >= 15 is 0 Å². The summed E-state index contributed by atoms with van der Waals surface area (Å²) in [5, 5.41) is 4.36. The topological polar surface area (TPSA) is 55.5 Å². The normalized spacial score (nSPS) is 11.6. The lowest BCUT2D eigenvalue weighted by Gasteiger charge is -2.07. The number of thioether (sulfide) groups is 1. The third-order valence-corrected chi connectivity index (χ3v) is 4.69. The highest BCUT2D eigenvalue weighted by Gasteiger charge is 2.23. The Morgan fingerprint density at radius 3 is 2.54 bits per heavy atom. The van der Waals surface area contributed by atoms with Crippen molar-refractivity contribution < 1.29 is 13.7 Å². The molecule has 0 unspecified atom stereocenters. The molecule has 0 fully saturated rings. The molecule has 3 aromatic rings. The zero-order valence-electron chi connectivity index (χ0n) is 14.0. The van der Waals surface area contributed by atoms with Crippen LogP contribution in [0.3, 0.4) is 0 Å². The molecule has 132 valence electrons. The van der Waals surface area contributed by atoms with Gasteiger partial charge in [0.15, 0.2) is 0 Å². The Morgan fingerprint density at radius 2 is 1.88 bits per heavy atom. The Labute approximate surface area is 159 Å². The number of rotatable bonds is 3. The van der Waals surface area contributed by atoms with Crippen molar-refractivity contribution in [1.82, 2.24) is 5.16 Å². The highest BCUT2D eigenvalue weighted by Crippen LogP contribution is 2.28. The van der Waals surface area contributed by atoms with E-state index in [1.165, 1.54) is 12.1 Å². The minimum atomic E-state index is -0.564. The lowest BCUT2D eigenvalue weighted by molar-refractivity contribution is 0.100. The molecule has 1 aromatic heterocycles. The van der Waals surface area contributed by atoms with E-state index in [-0.39, 0.29) is 21.2 Å². The van der Waals surface area contributed by atoms with Crippen molar-refractivity contribution in [2.24, 2.45) is 4.99 Å². The van der Waals surface area contributed by atoms with E-state index in [2.05, 4.69) is 10.1 Å². The molecule has 0 aliphatic heterocycles. The molecule has 2 aromatic carbocycles. The molecule has 0 spiro atoms. The van der Waals surface area contributed by atoms with Gasteiger partial charge in [0.2, 0.25) is 0 Å². The summed E-state index contributed by atoms with van der Waals surface area (Å²) in [7, 11) is 0. The van der Waals surface area contributed by atoms with E-state index < -0.39 is 11.7 Å². The average Bonchev–Trinajstić information content (AvgIpc) is 3.03. The first-order valence-corrected chi connectivity index (χ1v) is 9.26. The van der Waals surface area contributed by atoms with Crippen LogP contribution in [-0.2, 0) is 0 Å². The van der Waals surface area contributed by atoms with Gasteiger partial charge in [-0.15, -0.1) is 11.8 Å². The Bertz CT molecular complexity index is 966. The monoisotopic (exact) mass is 388 g/mol. The summed E-state index contributed by atoms with van der Waals surface area (Å²) in [6.45, 7) is 1.64. The highest BCUT2D eigenvalue weighted by atomic mass is 35.5. The number of nitrogens with zero attached hydrogens (tertiary/aromatic N) is 2. The lowest BCUT2D eigenvalue weighted by atomic mass is 10.1. The van der Waals surface area contributed by atoms with Crippen molar-refractivity contribution >= 4 is 34.3 Å². The molecule has 4 nitrogen and oxygen atoms in total. The summed E-state index contributed by atoms with van der Waals surface area (Å²) in [4.78, 5) is 16.9. The molecular weight excluding hydrogens is 375 g/mol. The molecule has 26 heavy (non-hydrogen) atoms. The van der Waals surface area contributed by atoms with Gasteiger partial charge in [0, 0.05) is 5.56 Å². The molecule has 1 amide bonds. The van der Waals surface area contributed by atoms with Crippen molar-refractivity contribution in [3.8, 4) is 11.3 Å². The molecule has 0 saturated heterocycles. The maximum atomic E-state index is 14.2. The number of amides is 1. The third-order valence-electron chi connectivity index (χ3n) is 3.70. The number of hydrogen-bond acceptors (Lipinski definition) is 4. The Hall–Kier alpha value is -2.44. The first kappa shape index (κ1) is 18.4. The fraction of sp³-hybridized carbons (Fsp3) is 0.105. The molecule has 7 heteroatoms. The lowest BCUT2D eigenvalue weighted by Crippen LogP contribution is -2.06. The van der Waals surface area contributed by atoms with Gasteiger partial charge in [0.25, 0.3) is 5.91 Å². The van der Waals surface area contributed by atoms with E-state index in [9.17, 15) is 9.18 Å².